The zero-order chi connectivity index (χ0) is 15.4. The first-order chi connectivity index (χ1) is 10.0. The van der Waals surface area contributed by atoms with Crippen molar-refractivity contribution < 1.29 is 0 Å². The highest BCUT2D eigenvalue weighted by Crippen LogP contribution is 2.29. The number of benzene rings is 1. The molecule has 0 bridgehead atoms. The summed E-state index contributed by atoms with van der Waals surface area (Å²) in [6, 6.07) is 10.2. The van der Waals surface area contributed by atoms with E-state index in [4.69, 9.17) is 5.73 Å². The molecule has 21 heavy (non-hydrogen) atoms. The summed E-state index contributed by atoms with van der Waals surface area (Å²) in [4.78, 5) is 4.96. The van der Waals surface area contributed by atoms with Crippen LogP contribution in [0, 0.1) is 6.92 Å². The van der Waals surface area contributed by atoms with Gasteiger partial charge >= 0.3 is 0 Å². The van der Waals surface area contributed by atoms with Crippen LogP contribution in [0.3, 0.4) is 0 Å². The Morgan fingerprint density at radius 1 is 1.19 bits per heavy atom. The Kier molecular flexibility index (Phi) is 5.80. The molecule has 1 aliphatic heterocycles. The fraction of sp³-hybridized carbons (Fsp3) is 0.667. The smallest absolute Gasteiger partial charge is 0.0499 e. The molecule has 1 aromatic carbocycles. The molecule has 1 aromatic rings. The van der Waals surface area contributed by atoms with Crippen molar-refractivity contribution >= 4 is 0 Å². The largest absolute Gasteiger partial charge is 0.326 e. The second-order valence-corrected chi connectivity index (χ2v) is 6.66. The van der Waals surface area contributed by atoms with Gasteiger partial charge in [0, 0.05) is 31.2 Å². The van der Waals surface area contributed by atoms with Gasteiger partial charge in [0.05, 0.1) is 0 Å². The molecule has 3 heteroatoms. The van der Waals surface area contributed by atoms with Crippen molar-refractivity contribution in [1.29, 1.82) is 0 Å². The van der Waals surface area contributed by atoms with E-state index in [1.165, 1.54) is 24.0 Å². The van der Waals surface area contributed by atoms with Crippen LogP contribution in [-0.4, -0.2) is 49.1 Å². The van der Waals surface area contributed by atoms with E-state index in [2.05, 4.69) is 62.0 Å². The highest BCUT2D eigenvalue weighted by atomic mass is 15.2. The average Bonchev–Trinajstić information content (AvgIpc) is 2.49. The quantitative estimate of drug-likeness (QED) is 0.904. The van der Waals surface area contributed by atoms with E-state index < -0.39 is 0 Å². The minimum absolute atomic E-state index is 0.212. The Hall–Kier alpha value is -0.900. The molecule has 0 radical (unpaired) electrons. The first kappa shape index (κ1) is 16.5. The Morgan fingerprint density at radius 2 is 1.76 bits per heavy atom. The lowest BCUT2D eigenvalue weighted by Crippen LogP contribution is -2.48. The fourth-order valence-electron chi connectivity index (χ4n) is 3.40. The van der Waals surface area contributed by atoms with E-state index in [0.717, 1.165) is 25.6 Å². The van der Waals surface area contributed by atoms with E-state index in [9.17, 15) is 0 Å². The summed E-state index contributed by atoms with van der Waals surface area (Å²) in [6.07, 6.45) is 3.50. The molecule has 0 aromatic heterocycles. The van der Waals surface area contributed by atoms with Crippen LogP contribution in [0.5, 0.6) is 0 Å². The van der Waals surface area contributed by atoms with Crippen LogP contribution >= 0.6 is 0 Å². The van der Waals surface area contributed by atoms with Crippen LogP contribution < -0.4 is 5.73 Å². The number of hydrogen-bond acceptors (Lipinski definition) is 3. The van der Waals surface area contributed by atoms with Gasteiger partial charge in [-0.1, -0.05) is 36.8 Å². The second-order valence-electron chi connectivity index (χ2n) is 6.66. The maximum atomic E-state index is 6.46. The van der Waals surface area contributed by atoms with Crippen molar-refractivity contribution in [1.82, 2.24) is 9.80 Å². The van der Waals surface area contributed by atoms with Gasteiger partial charge in [-0.3, -0.25) is 4.90 Å². The Bertz CT molecular complexity index is 419. The van der Waals surface area contributed by atoms with E-state index in [1.807, 2.05) is 0 Å². The number of piperidine rings is 1. The van der Waals surface area contributed by atoms with Crippen molar-refractivity contribution in [3.63, 3.8) is 0 Å². The van der Waals surface area contributed by atoms with E-state index >= 15 is 0 Å². The first-order valence-corrected chi connectivity index (χ1v) is 8.25. The van der Waals surface area contributed by atoms with Crippen molar-refractivity contribution in [2.24, 2.45) is 5.73 Å². The fourth-order valence-corrected chi connectivity index (χ4v) is 3.40. The molecular formula is C18H31N3. The third-order valence-electron chi connectivity index (χ3n) is 4.92. The SMILES string of the molecule is CCC(N)C(c1ccc(C)cc1)N1CCC(N(C)C)CC1. The number of rotatable bonds is 5. The van der Waals surface area contributed by atoms with Gasteiger partial charge in [-0.05, 0) is 45.8 Å². The van der Waals surface area contributed by atoms with Crippen LogP contribution in [0.1, 0.15) is 43.4 Å². The topological polar surface area (TPSA) is 32.5 Å². The van der Waals surface area contributed by atoms with Crippen LogP contribution in [0.2, 0.25) is 0 Å². The molecule has 1 fully saturated rings. The lowest BCUT2D eigenvalue weighted by Gasteiger charge is -2.41. The number of likely N-dealkylation sites (tertiary alicyclic amines) is 1. The first-order valence-electron chi connectivity index (χ1n) is 8.25. The van der Waals surface area contributed by atoms with Crippen molar-refractivity contribution in [3.05, 3.63) is 35.4 Å². The maximum Gasteiger partial charge on any atom is 0.0499 e. The monoisotopic (exact) mass is 289 g/mol. The predicted octanol–water partition coefficient (Wildman–Crippen LogP) is 2.80. The number of nitrogens with zero attached hydrogens (tertiary/aromatic N) is 2. The minimum atomic E-state index is 0.212. The zero-order valence-corrected chi connectivity index (χ0v) is 14.0. The molecule has 1 heterocycles. The molecular weight excluding hydrogens is 258 g/mol. The molecule has 2 atom stereocenters. The Morgan fingerprint density at radius 3 is 2.24 bits per heavy atom. The van der Waals surface area contributed by atoms with Crippen LogP contribution in [0.4, 0.5) is 0 Å². The standard InChI is InChI=1S/C18H31N3/c1-5-17(19)18(15-8-6-14(2)7-9-15)21-12-10-16(11-13-21)20(3)4/h6-9,16-18H,5,10-13,19H2,1-4H3. The van der Waals surface area contributed by atoms with Gasteiger partial charge in [0.1, 0.15) is 0 Å². The zero-order valence-electron chi connectivity index (χ0n) is 14.0. The van der Waals surface area contributed by atoms with Crippen LogP contribution in [0.15, 0.2) is 24.3 Å². The van der Waals surface area contributed by atoms with Gasteiger partial charge in [0.25, 0.3) is 0 Å². The highest BCUT2D eigenvalue weighted by Gasteiger charge is 2.29. The molecule has 2 N–H and O–H groups in total. The summed E-state index contributed by atoms with van der Waals surface area (Å²) in [5.41, 5.74) is 9.15. The van der Waals surface area contributed by atoms with Gasteiger partial charge in [-0.25, -0.2) is 0 Å². The third kappa shape index (κ3) is 4.06. The summed E-state index contributed by atoms with van der Waals surface area (Å²) in [5, 5.41) is 0. The molecule has 2 rings (SSSR count). The Labute approximate surface area is 130 Å². The van der Waals surface area contributed by atoms with Crippen molar-refractivity contribution in [2.45, 2.75) is 51.2 Å². The number of aryl methyl sites for hydroxylation is 1. The lowest BCUT2D eigenvalue weighted by atomic mass is 9.92. The molecule has 2 unspecified atom stereocenters. The minimum Gasteiger partial charge on any atom is -0.326 e. The summed E-state index contributed by atoms with van der Waals surface area (Å²) in [6.45, 7) is 6.63. The summed E-state index contributed by atoms with van der Waals surface area (Å²) in [5.74, 6) is 0. The third-order valence-corrected chi connectivity index (χ3v) is 4.92. The van der Waals surface area contributed by atoms with Gasteiger partial charge in [0.2, 0.25) is 0 Å². The Balaban J connectivity index is 2.12. The summed E-state index contributed by atoms with van der Waals surface area (Å²) >= 11 is 0. The van der Waals surface area contributed by atoms with Gasteiger partial charge in [-0.15, -0.1) is 0 Å². The van der Waals surface area contributed by atoms with Gasteiger partial charge in [-0.2, -0.15) is 0 Å². The number of nitrogens with two attached hydrogens (primary N) is 1. The lowest BCUT2D eigenvalue weighted by molar-refractivity contribution is 0.0948. The van der Waals surface area contributed by atoms with Crippen molar-refractivity contribution in [3.8, 4) is 0 Å². The molecule has 0 spiro atoms. The van der Waals surface area contributed by atoms with Crippen LogP contribution in [0.25, 0.3) is 0 Å². The normalized spacial score (nSPS) is 20.7. The van der Waals surface area contributed by atoms with E-state index in [-0.39, 0.29) is 6.04 Å². The van der Waals surface area contributed by atoms with Gasteiger partial charge < -0.3 is 10.6 Å². The molecule has 0 amide bonds. The molecule has 3 nitrogen and oxygen atoms in total. The average molecular weight is 289 g/mol. The highest BCUT2D eigenvalue weighted by molar-refractivity contribution is 5.25. The second kappa shape index (κ2) is 7.39. The molecule has 0 saturated carbocycles. The van der Waals surface area contributed by atoms with Crippen LogP contribution in [-0.2, 0) is 0 Å². The number of hydrogen-bond donors (Lipinski definition) is 1. The van der Waals surface area contributed by atoms with Crippen molar-refractivity contribution in [2.75, 3.05) is 27.2 Å². The molecule has 1 aliphatic rings. The summed E-state index contributed by atoms with van der Waals surface area (Å²) in [7, 11) is 4.38. The van der Waals surface area contributed by atoms with Gasteiger partial charge in [0.15, 0.2) is 0 Å². The molecule has 118 valence electrons. The van der Waals surface area contributed by atoms with E-state index in [0.29, 0.717) is 6.04 Å². The summed E-state index contributed by atoms with van der Waals surface area (Å²) < 4.78 is 0. The predicted molar refractivity (Wildman–Crippen MR) is 90.5 cm³/mol. The molecule has 0 aliphatic carbocycles. The maximum absolute atomic E-state index is 6.46. The molecule has 1 saturated heterocycles. The van der Waals surface area contributed by atoms with E-state index in [1.54, 1.807) is 0 Å².